The lowest BCUT2D eigenvalue weighted by atomic mass is 10.0. The monoisotopic (exact) mass is 257 g/mol. The van der Waals surface area contributed by atoms with E-state index in [-0.39, 0.29) is 11.9 Å². The first kappa shape index (κ1) is 13.8. The molecule has 1 nitrogen and oxygen atoms in total. The Labute approximate surface area is 114 Å². The number of nitrogens with one attached hydrogen (secondary N) is 1. The molecule has 2 heteroatoms. The van der Waals surface area contributed by atoms with Crippen LogP contribution in [-0.2, 0) is 0 Å². The number of hydrogen-bond acceptors (Lipinski definition) is 1. The smallest absolute Gasteiger partial charge is 0.123 e. The highest BCUT2D eigenvalue weighted by Crippen LogP contribution is 2.22. The van der Waals surface area contributed by atoms with Crippen LogP contribution in [0.15, 0.2) is 54.6 Å². The fourth-order valence-corrected chi connectivity index (χ4v) is 2.31. The minimum atomic E-state index is -0.182. The van der Waals surface area contributed by atoms with Crippen LogP contribution in [0.25, 0.3) is 0 Å². The van der Waals surface area contributed by atoms with Gasteiger partial charge in [0.05, 0.1) is 0 Å². The van der Waals surface area contributed by atoms with Crippen LogP contribution in [0.3, 0.4) is 0 Å². The van der Waals surface area contributed by atoms with Crippen molar-refractivity contribution in [2.45, 2.75) is 32.4 Å². The molecule has 0 fully saturated rings. The van der Waals surface area contributed by atoms with E-state index in [2.05, 4.69) is 31.3 Å². The molecule has 0 aliphatic carbocycles. The molecule has 19 heavy (non-hydrogen) atoms. The van der Waals surface area contributed by atoms with Gasteiger partial charge >= 0.3 is 0 Å². The van der Waals surface area contributed by atoms with Gasteiger partial charge in [-0.25, -0.2) is 4.39 Å². The van der Waals surface area contributed by atoms with Crippen LogP contribution >= 0.6 is 0 Å². The predicted molar refractivity (Wildman–Crippen MR) is 77.4 cm³/mol. The van der Waals surface area contributed by atoms with E-state index < -0.39 is 0 Å². The molecule has 0 saturated heterocycles. The average molecular weight is 257 g/mol. The summed E-state index contributed by atoms with van der Waals surface area (Å²) < 4.78 is 13.2. The van der Waals surface area contributed by atoms with Crippen molar-refractivity contribution in [2.75, 3.05) is 0 Å². The van der Waals surface area contributed by atoms with E-state index >= 15 is 0 Å². The highest BCUT2D eigenvalue weighted by Gasteiger charge is 2.13. The van der Waals surface area contributed by atoms with Gasteiger partial charge in [0.2, 0.25) is 0 Å². The van der Waals surface area contributed by atoms with Gasteiger partial charge in [0, 0.05) is 12.1 Å². The molecule has 0 aliphatic rings. The van der Waals surface area contributed by atoms with E-state index in [0.717, 1.165) is 12.0 Å². The Kier molecular flexibility index (Phi) is 4.69. The first-order chi connectivity index (χ1) is 9.20. The van der Waals surface area contributed by atoms with Crippen LogP contribution in [-0.4, -0.2) is 0 Å². The third-order valence-corrected chi connectivity index (χ3v) is 3.41. The fraction of sp³-hybridized carbons (Fsp3) is 0.294. The fourth-order valence-electron chi connectivity index (χ4n) is 2.31. The van der Waals surface area contributed by atoms with Crippen LogP contribution in [0.2, 0.25) is 0 Å². The Morgan fingerprint density at radius 1 is 1.00 bits per heavy atom. The normalized spacial score (nSPS) is 14.1. The van der Waals surface area contributed by atoms with Gasteiger partial charge in [-0.15, -0.1) is 0 Å². The summed E-state index contributed by atoms with van der Waals surface area (Å²) in [5, 5.41) is 3.56. The Morgan fingerprint density at radius 3 is 2.32 bits per heavy atom. The van der Waals surface area contributed by atoms with Crippen LogP contribution in [0.4, 0.5) is 4.39 Å². The summed E-state index contributed by atoms with van der Waals surface area (Å²) in [6.45, 7) is 4.23. The topological polar surface area (TPSA) is 12.0 Å². The van der Waals surface area contributed by atoms with Gasteiger partial charge in [-0.2, -0.15) is 0 Å². The van der Waals surface area contributed by atoms with E-state index in [1.807, 2.05) is 24.3 Å². The molecule has 2 atom stereocenters. The van der Waals surface area contributed by atoms with E-state index in [4.69, 9.17) is 0 Å². The zero-order valence-electron chi connectivity index (χ0n) is 11.4. The lowest BCUT2D eigenvalue weighted by molar-refractivity contribution is 0.455. The van der Waals surface area contributed by atoms with Crippen molar-refractivity contribution < 1.29 is 4.39 Å². The van der Waals surface area contributed by atoms with Crippen LogP contribution in [0.5, 0.6) is 0 Å². The Balaban J connectivity index is 2.10. The molecule has 2 aromatic carbocycles. The largest absolute Gasteiger partial charge is 0.303 e. The van der Waals surface area contributed by atoms with E-state index in [1.165, 1.54) is 11.6 Å². The molecule has 0 aliphatic heterocycles. The van der Waals surface area contributed by atoms with Crippen LogP contribution in [0, 0.1) is 5.82 Å². The molecular formula is C17H20FN. The number of hydrogen-bond donors (Lipinski definition) is 1. The summed E-state index contributed by atoms with van der Waals surface area (Å²) in [5.74, 6) is -0.182. The molecule has 1 unspecified atom stereocenters. The Bertz CT molecular complexity index is 510. The van der Waals surface area contributed by atoms with Crippen LogP contribution < -0.4 is 5.32 Å². The molecule has 2 aromatic rings. The van der Waals surface area contributed by atoms with Gasteiger partial charge < -0.3 is 5.32 Å². The molecule has 100 valence electrons. The van der Waals surface area contributed by atoms with Crippen molar-refractivity contribution in [3.63, 3.8) is 0 Å². The number of rotatable bonds is 5. The average Bonchev–Trinajstić information content (AvgIpc) is 2.45. The summed E-state index contributed by atoms with van der Waals surface area (Å²) in [7, 11) is 0. The summed E-state index contributed by atoms with van der Waals surface area (Å²) in [6.07, 6.45) is 1.00. The number of halogens is 1. The summed E-state index contributed by atoms with van der Waals surface area (Å²) in [4.78, 5) is 0. The Morgan fingerprint density at radius 2 is 1.68 bits per heavy atom. The van der Waals surface area contributed by atoms with Crippen molar-refractivity contribution in [1.82, 2.24) is 5.32 Å². The summed E-state index contributed by atoms with van der Waals surface area (Å²) in [6, 6.07) is 17.6. The first-order valence-electron chi connectivity index (χ1n) is 6.77. The van der Waals surface area contributed by atoms with Gasteiger partial charge in [0.25, 0.3) is 0 Å². The predicted octanol–water partition coefficient (Wildman–Crippen LogP) is 4.63. The number of benzene rings is 2. The second kappa shape index (κ2) is 6.48. The molecule has 2 rings (SSSR count). The van der Waals surface area contributed by atoms with E-state index in [1.54, 1.807) is 12.1 Å². The molecule has 0 aromatic heterocycles. The Hall–Kier alpha value is -1.67. The molecule has 0 spiro atoms. The highest BCUT2D eigenvalue weighted by atomic mass is 19.1. The second-order valence-electron chi connectivity index (χ2n) is 4.81. The molecule has 0 heterocycles. The maximum Gasteiger partial charge on any atom is 0.123 e. The van der Waals surface area contributed by atoms with E-state index in [9.17, 15) is 4.39 Å². The van der Waals surface area contributed by atoms with Crippen molar-refractivity contribution in [2.24, 2.45) is 0 Å². The summed E-state index contributed by atoms with van der Waals surface area (Å²) in [5.41, 5.74) is 2.25. The molecule has 1 N–H and O–H groups in total. The van der Waals surface area contributed by atoms with Crippen molar-refractivity contribution >= 4 is 0 Å². The van der Waals surface area contributed by atoms with Crippen LogP contribution in [0.1, 0.15) is 43.5 Å². The van der Waals surface area contributed by atoms with E-state index in [0.29, 0.717) is 6.04 Å². The van der Waals surface area contributed by atoms with Gasteiger partial charge in [-0.3, -0.25) is 0 Å². The third kappa shape index (κ3) is 3.65. The van der Waals surface area contributed by atoms with Crippen molar-refractivity contribution in [3.05, 3.63) is 71.5 Å². The molecular weight excluding hydrogens is 237 g/mol. The maximum absolute atomic E-state index is 13.2. The molecule has 0 bridgehead atoms. The zero-order valence-corrected chi connectivity index (χ0v) is 11.4. The van der Waals surface area contributed by atoms with Crippen molar-refractivity contribution in [1.29, 1.82) is 0 Å². The standard InChI is InChI=1S/C17H20FN/c1-3-17(14-8-5-4-6-9-14)19-13(2)15-10-7-11-16(18)12-15/h4-13,17,19H,3H2,1-2H3/t13-,17?/m0/s1. The lowest BCUT2D eigenvalue weighted by Gasteiger charge is -2.23. The molecule has 0 saturated carbocycles. The van der Waals surface area contributed by atoms with Crippen molar-refractivity contribution in [3.8, 4) is 0 Å². The first-order valence-corrected chi connectivity index (χ1v) is 6.77. The summed E-state index contributed by atoms with van der Waals surface area (Å²) >= 11 is 0. The molecule has 0 radical (unpaired) electrons. The second-order valence-corrected chi connectivity index (χ2v) is 4.81. The van der Waals surface area contributed by atoms with Gasteiger partial charge in [0.15, 0.2) is 0 Å². The van der Waals surface area contributed by atoms with Gasteiger partial charge in [-0.1, -0.05) is 49.4 Å². The zero-order chi connectivity index (χ0) is 13.7. The quantitative estimate of drug-likeness (QED) is 0.823. The minimum Gasteiger partial charge on any atom is -0.303 e. The molecule has 0 amide bonds. The maximum atomic E-state index is 13.2. The SMILES string of the molecule is CCC(N[C@@H](C)c1cccc(F)c1)c1ccccc1. The van der Waals surface area contributed by atoms with Gasteiger partial charge in [-0.05, 0) is 36.6 Å². The minimum absolute atomic E-state index is 0.126. The third-order valence-electron chi connectivity index (χ3n) is 3.41. The lowest BCUT2D eigenvalue weighted by Crippen LogP contribution is -2.24. The highest BCUT2D eigenvalue weighted by molar-refractivity contribution is 5.22. The van der Waals surface area contributed by atoms with Gasteiger partial charge in [0.1, 0.15) is 5.82 Å².